The van der Waals surface area contributed by atoms with E-state index in [1.807, 2.05) is 0 Å². The van der Waals surface area contributed by atoms with E-state index in [1.54, 1.807) is 12.1 Å². The summed E-state index contributed by atoms with van der Waals surface area (Å²) < 4.78 is 6.46. The normalized spacial score (nSPS) is 21.5. The quantitative estimate of drug-likeness (QED) is 0.285. The van der Waals surface area contributed by atoms with Gasteiger partial charge >= 0.3 is 11.7 Å². The van der Waals surface area contributed by atoms with Crippen molar-refractivity contribution in [3.63, 3.8) is 0 Å². The SMILES string of the molecule is NC(=O)N[C@@H](Cc1ccc(O)cc1)C(=O)c1cn([C@H]2C[C@H](O)[C@@H](CO)O2)c(=O)nc1N. The van der Waals surface area contributed by atoms with Crippen molar-refractivity contribution in [3.05, 3.63) is 52.1 Å². The number of aliphatic hydroxyl groups is 2. The summed E-state index contributed by atoms with van der Waals surface area (Å²) in [7, 11) is 0. The third-order valence-corrected chi connectivity index (χ3v) is 4.95. The van der Waals surface area contributed by atoms with Crippen molar-refractivity contribution >= 4 is 17.6 Å². The number of Topliss-reactive ketones (excluding diaryl/α,β-unsaturated/α-hetero) is 1. The Balaban J connectivity index is 1.92. The summed E-state index contributed by atoms with van der Waals surface area (Å²) in [5.41, 5.74) is 10.7. The van der Waals surface area contributed by atoms with Crippen LogP contribution in [0.2, 0.25) is 0 Å². The van der Waals surface area contributed by atoms with E-state index >= 15 is 0 Å². The zero-order valence-electron chi connectivity index (χ0n) is 16.3. The second kappa shape index (κ2) is 9.12. The first-order valence-corrected chi connectivity index (χ1v) is 9.40. The number of phenolic OH excluding ortho intramolecular Hbond substituents is 1. The highest BCUT2D eigenvalue weighted by atomic mass is 16.5. The van der Waals surface area contributed by atoms with Gasteiger partial charge in [0.2, 0.25) is 0 Å². The number of urea groups is 1. The van der Waals surface area contributed by atoms with Gasteiger partial charge in [-0.3, -0.25) is 9.36 Å². The predicted molar refractivity (Wildman–Crippen MR) is 107 cm³/mol. The number of anilines is 1. The molecule has 0 aliphatic carbocycles. The van der Waals surface area contributed by atoms with Gasteiger partial charge in [0.15, 0.2) is 5.78 Å². The number of benzene rings is 1. The second-order valence-electron chi connectivity index (χ2n) is 7.14. The topological polar surface area (TPSA) is 203 Å². The number of carbonyl (C=O) groups is 2. The minimum Gasteiger partial charge on any atom is -0.508 e. The largest absolute Gasteiger partial charge is 0.508 e. The van der Waals surface area contributed by atoms with E-state index in [0.717, 1.165) is 10.8 Å². The van der Waals surface area contributed by atoms with Crippen LogP contribution in [0.25, 0.3) is 0 Å². The number of nitrogens with one attached hydrogen (secondary N) is 1. The molecule has 1 aliphatic heterocycles. The molecule has 2 amide bonds. The summed E-state index contributed by atoms with van der Waals surface area (Å²) in [4.78, 5) is 40.6. The Labute approximate surface area is 176 Å². The average molecular weight is 433 g/mol. The highest BCUT2D eigenvalue weighted by Crippen LogP contribution is 2.28. The molecule has 1 aromatic carbocycles. The number of nitrogens with two attached hydrogens (primary N) is 2. The molecule has 0 radical (unpaired) electrons. The third kappa shape index (κ3) is 4.99. The summed E-state index contributed by atoms with van der Waals surface area (Å²) in [6, 6.07) is 3.94. The highest BCUT2D eigenvalue weighted by molar-refractivity contribution is 6.04. The third-order valence-electron chi connectivity index (χ3n) is 4.95. The summed E-state index contributed by atoms with van der Waals surface area (Å²) in [6.45, 7) is -0.447. The van der Waals surface area contributed by atoms with Crippen molar-refractivity contribution in [1.29, 1.82) is 0 Å². The number of nitrogen functional groups attached to an aromatic ring is 1. The summed E-state index contributed by atoms with van der Waals surface area (Å²) in [6.07, 6.45) is -1.66. The molecule has 1 aliphatic rings. The van der Waals surface area contributed by atoms with Gasteiger partial charge in [-0.1, -0.05) is 12.1 Å². The standard InChI is InChI=1S/C19H23N5O7/c20-17-11(7-24(19(30)23-17)15-6-13(27)14(8-25)31-15)16(28)12(22-18(21)29)5-9-1-3-10(26)4-2-9/h1-4,7,12-15,25-27H,5-6,8H2,(H2,20,23,30)(H3,21,22,29)/t12-,13-,14+,15+/m0/s1. The Hall–Kier alpha value is -3.48. The molecule has 3 rings (SSSR count). The van der Waals surface area contributed by atoms with Crippen LogP contribution in [0, 0.1) is 0 Å². The molecule has 1 fully saturated rings. The van der Waals surface area contributed by atoms with E-state index in [0.29, 0.717) is 5.56 Å². The predicted octanol–water partition coefficient (Wildman–Crippen LogP) is -1.37. The Bertz CT molecular complexity index is 1020. The number of aliphatic hydroxyl groups excluding tert-OH is 2. The van der Waals surface area contributed by atoms with E-state index in [2.05, 4.69) is 10.3 Å². The Morgan fingerprint density at radius 3 is 2.58 bits per heavy atom. The first-order chi connectivity index (χ1) is 14.7. The van der Waals surface area contributed by atoms with Crippen LogP contribution >= 0.6 is 0 Å². The van der Waals surface area contributed by atoms with Gasteiger partial charge in [-0.25, -0.2) is 9.59 Å². The maximum Gasteiger partial charge on any atom is 0.351 e. The lowest BCUT2D eigenvalue weighted by Gasteiger charge is -2.19. The zero-order chi connectivity index (χ0) is 22.7. The average Bonchev–Trinajstić information content (AvgIpc) is 3.09. The monoisotopic (exact) mass is 433 g/mol. The molecule has 0 spiro atoms. The number of hydrogen-bond donors (Lipinski definition) is 6. The van der Waals surface area contributed by atoms with E-state index in [9.17, 15) is 29.7 Å². The van der Waals surface area contributed by atoms with Gasteiger partial charge in [0.25, 0.3) is 0 Å². The lowest BCUT2D eigenvalue weighted by molar-refractivity contribution is -0.0459. The highest BCUT2D eigenvalue weighted by Gasteiger charge is 2.36. The Morgan fingerprint density at radius 2 is 2.00 bits per heavy atom. The molecule has 2 heterocycles. The molecule has 0 bridgehead atoms. The van der Waals surface area contributed by atoms with Crippen molar-refractivity contribution < 1.29 is 29.6 Å². The molecule has 1 saturated heterocycles. The van der Waals surface area contributed by atoms with Crippen molar-refractivity contribution in [3.8, 4) is 5.75 Å². The van der Waals surface area contributed by atoms with E-state index < -0.39 is 48.6 Å². The van der Waals surface area contributed by atoms with Crippen LogP contribution in [0.1, 0.15) is 28.6 Å². The van der Waals surface area contributed by atoms with Crippen LogP contribution in [0.5, 0.6) is 5.75 Å². The molecule has 1 aromatic heterocycles. The molecule has 31 heavy (non-hydrogen) atoms. The number of ether oxygens (including phenoxy) is 1. The van der Waals surface area contributed by atoms with E-state index in [1.165, 1.54) is 12.1 Å². The van der Waals surface area contributed by atoms with Gasteiger partial charge in [0, 0.05) is 19.0 Å². The minimum absolute atomic E-state index is 0.000828. The summed E-state index contributed by atoms with van der Waals surface area (Å²) >= 11 is 0. The van der Waals surface area contributed by atoms with Crippen molar-refractivity contribution in [1.82, 2.24) is 14.9 Å². The van der Waals surface area contributed by atoms with Crippen LogP contribution in [-0.2, 0) is 11.2 Å². The maximum atomic E-state index is 13.2. The number of amides is 2. The van der Waals surface area contributed by atoms with E-state index in [4.69, 9.17) is 16.2 Å². The smallest absolute Gasteiger partial charge is 0.351 e. The molecule has 12 heteroatoms. The van der Waals surface area contributed by atoms with Gasteiger partial charge in [-0.15, -0.1) is 0 Å². The fourth-order valence-electron chi connectivity index (χ4n) is 3.36. The molecule has 2 aromatic rings. The van der Waals surface area contributed by atoms with E-state index in [-0.39, 0.29) is 30.0 Å². The molecular weight excluding hydrogens is 410 g/mol. The van der Waals surface area contributed by atoms with Gasteiger partial charge in [-0.05, 0) is 17.7 Å². The van der Waals surface area contributed by atoms with Gasteiger partial charge < -0.3 is 36.8 Å². The number of rotatable bonds is 7. The number of ketones is 1. The lowest BCUT2D eigenvalue weighted by atomic mass is 9.98. The zero-order valence-corrected chi connectivity index (χ0v) is 16.3. The van der Waals surface area contributed by atoms with Gasteiger partial charge in [0.1, 0.15) is 23.9 Å². The Kier molecular flexibility index (Phi) is 6.53. The van der Waals surface area contributed by atoms with Gasteiger partial charge in [-0.2, -0.15) is 4.98 Å². The summed E-state index contributed by atoms with van der Waals surface area (Å²) in [5.74, 6) is -0.955. The van der Waals surface area contributed by atoms with Crippen LogP contribution in [0.3, 0.4) is 0 Å². The molecule has 12 nitrogen and oxygen atoms in total. The fraction of sp³-hybridized carbons (Fsp3) is 0.368. The van der Waals surface area contributed by atoms with Crippen LogP contribution in [0.15, 0.2) is 35.3 Å². The number of phenols is 1. The molecule has 4 atom stereocenters. The fourth-order valence-corrected chi connectivity index (χ4v) is 3.36. The van der Waals surface area contributed by atoms with Crippen molar-refractivity contribution in [2.75, 3.05) is 12.3 Å². The molecular formula is C19H23N5O7. The van der Waals surface area contributed by atoms with Gasteiger partial charge in [0.05, 0.1) is 24.3 Å². The summed E-state index contributed by atoms with van der Waals surface area (Å²) in [5, 5.41) is 30.9. The lowest BCUT2D eigenvalue weighted by Crippen LogP contribution is -2.45. The number of aromatic nitrogens is 2. The number of aromatic hydroxyl groups is 1. The first-order valence-electron chi connectivity index (χ1n) is 9.40. The van der Waals surface area contributed by atoms with Crippen LogP contribution in [-0.4, -0.2) is 61.5 Å². The molecule has 0 saturated carbocycles. The van der Waals surface area contributed by atoms with Crippen LogP contribution in [0.4, 0.5) is 10.6 Å². The number of nitrogens with zero attached hydrogens (tertiary/aromatic N) is 2. The minimum atomic E-state index is -1.13. The first kappa shape index (κ1) is 22.2. The maximum absolute atomic E-state index is 13.2. The molecule has 8 N–H and O–H groups in total. The second-order valence-corrected chi connectivity index (χ2v) is 7.14. The molecule has 0 unspecified atom stereocenters. The molecule has 166 valence electrons. The van der Waals surface area contributed by atoms with Crippen LogP contribution < -0.4 is 22.5 Å². The van der Waals surface area contributed by atoms with Crippen molar-refractivity contribution in [2.24, 2.45) is 5.73 Å². The number of hydrogen-bond acceptors (Lipinski definition) is 9. The van der Waals surface area contributed by atoms with Crippen molar-refractivity contribution in [2.45, 2.75) is 37.3 Å². The Morgan fingerprint density at radius 1 is 1.32 bits per heavy atom. The number of primary amides is 1. The number of carbonyl (C=O) groups excluding carboxylic acids is 2.